The molecule has 122 valence electrons. The van der Waals surface area contributed by atoms with Crippen molar-refractivity contribution in [2.75, 3.05) is 0 Å². The van der Waals surface area contributed by atoms with E-state index in [-0.39, 0.29) is 11.1 Å². The van der Waals surface area contributed by atoms with Gasteiger partial charge >= 0.3 is 7.12 Å². The molecule has 0 amide bonds. The number of hydrogen-bond acceptors (Lipinski definition) is 3. The Bertz CT molecular complexity index is 467. The third-order valence-electron chi connectivity index (χ3n) is 4.31. The molecular formula is C17H29BO3Si. The van der Waals surface area contributed by atoms with Crippen LogP contribution in [0.4, 0.5) is 0 Å². The van der Waals surface area contributed by atoms with Crippen molar-refractivity contribution in [3.8, 4) is 0 Å². The van der Waals surface area contributed by atoms with Crippen LogP contribution >= 0.6 is 0 Å². The Morgan fingerprint density at radius 2 is 1.77 bits per heavy atom. The quantitative estimate of drug-likeness (QED) is 0.755. The van der Waals surface area contributed by atoms with Crippen molar-refractivity contribution >= 4 is 15.4 Å². The maximum Gasteiger partial charge on any atom is 0.480 e. The van der Waals surface area contributed by atoms with Gasteiger partial charge in [0.15, 0.2) is 8.32 Å². The predicted octanol–water partition coefficient (Wildman–Crippen LogP) is 3.58. The summed E-state index contributed by atoms with van der Waals surface area (Å²) in [5.41, 5.74) is 1.27. The molecule has 0 aliphatic carbocycles. The number of benzene rings is 1. The van der Waals surface area contributed by atoms with Crippen LogP contribution in [0.3, 0.4) is 0 Å². The predicted molar refractivity (Wildman–Crippen MR) is 96.2 cm³/mol. The van der Waals surface area contributed by atoms with E-state index in [2.05, 4.69) is 46.0 Å². The summed E-state index contributed by atoms with van der Waals surface area (Å²) < 4.78 is 6.40. The molecule has 0 radical (unpaired) electrons. The van der Waals surface area contributed by atoms with Crippen LogP contribution in [0.5, 0.6) is 0 Å². The second-order valence-electron chi connectivity index (χ2n) is 7.24. The smallest absolute Gasteiger partial charge is 0.424 e. The van der Waals surface area contributed by atoms with E-state index in [1.165, 1.54) is 11.5 Å². The average molecular weight is 320 g/mol. The van der Waals surface area contributed by atoms with Gasteiger partial charge in [-0.2, -0.15) is 0 Å². The molecule has 0 aliphatic heterocycles. The first-order chi connectivity index (χ1) is 10.1. The molecule has 0 saturated heterocycles. The third kappa shape index (κ3) is 6.48. The molecule has 0 spiro atoms. The van der Waals surface area contributed by atoms with E-state index in [0.29, 0.717) is 0 Å². The van der Waals surface area contributed by atoms with Gasteiger partial charge in [-0.1, -0.05) is 63.2 Å². The molecule has 0 unspecified atom stereocenters. The standard InChI is InChI=1S/C17H29BO3Si/c1-17(2,3)22(4,5)21-16(13-14-18(19)20)12-11-15-9-7-6-8-10-15/h6-10,13-14,16,19-20H,11-12H2,1-5H3/b14-13+/t16-/m0/s1. The van der Waals surface area contributed by atoms with Gasteiger partial charge in [0.05, 0.1) is 6.10 Å². The highest BCUT2D eigenvalue weighted by atomic mass is 28.4. The van der Waals surface area contributed by atoms with Crippen LogP contribution in [0.25, 0.3) is 0 Å². The molecule has 2 N–H and O–H groups in total. The van der Waals surface area contributed by atoms with E-state index in [9.17, 15) is 0 Å². The van der Waals surface area contributed by atoms with E-state index >= 15 is 0 Å². The SMILES string of the molecule is CC(C)(C)[Si](C)(C)O[C@H](/C=C/B(O)O)CCc1ccccc1. The van der Waals surface area contributed by atoms with Gasteiger partial charge in [0.25, 0.3) is 0 Å². The normalized spacial score (nSPS) is 14.3. The molecule has 1 atom stereocenters. The number of hydrogen-bond donors (Lipinski definition) is 2. The summed E-state index contributed by atoms with van der Waals surface area (Å²) in [5, 5.41) is 18.3. The summed E-state index contributed by atoms with van der Waals surface area (Å²) in [5.74, 6) is 1.39. The average Bonchev–Trinajstić information content (AvgIpc) is 2.41. The minimum absolute atomic E-state index is 0.0945. The Morgan fingerprint density at radius 3 is 2.27 bits per heavy atom. The number of rotatable bonds is 7. The third-order valence-corrected chi connectivity index (χ3v) is 8.81. The van der Waals surface area contributed by atoms with E-state index in [1.807, 2.05) is 18.2 Å². The van der Waals surface area contributed by atoms with E-state index < -0.39 is 15.4 Å². The van der Waals surface area contributed by atoms with Crippen LogP contribution < -0.4 is 0 Å². The second-order valence-corrected chi connectivity index (χ2v) is 12.0. The molecule has 0 aliphatic rings. The van der Waals surface area contributed by atoms with Crippen LogP contribution in [0.15, 0.2) is 42.4 Å². The molecule has 0 bridgehead atoms. The number of aryl methyl sites for hydroxylation is 1. The lowest BCUT2D eigenvalue weighted by atomic mass is 9.90. The Hall–Kier alpha value is -0.878. The zero-order valence-corrected chi connectivity index (χ0v) is 15.4. The lowest BCUT2D eigenvalue weighted by Crippen LogP contribution is -2.43. The Balaban J connectivity index is 2.76. The molecule has 22 heavy (non-hydrogen) atoms. The first-order valence-corrected chi connectivity index (χ1v) is 10.8. The summed E-state index contributed by atoms with van der Waals surface area (Å²) >= 11 is 0. The van der Waals surface area contributed by atoms with Crippen LogP contribution in [-0.4, -0.2) is 31.6 Å². The molecule has 5 heteroatoms. The summed E-state index contributed by atoms with van der Waals surface area (Å²) in [4.78, 5) is 0. The molecule has 0 saturated carbocycles. The Morgan fingerprint density at radius 1 is 1.18 bits per heavy atom. The topological polar surface area (TPSA) is 49.7 Å². The molecule has 0 heterocycles. The molecule has 1 aromatic rings. The minimum atomic E-state index is -1.89. The van der Waals surface area contributed by atoms with Crippen molar-refractivity contribution in [3.63, 3.8) is 0 Å². The van der Waals surface area contributed by atoms with Gasteiger partial charge in [0, 0.05) is 0 Å². The first-order valence-electron chi connectivity index (χ1n) is 7.88. The zero-order chi connectivity index (χ0) is 16.8. The largest absolute Gasteiger partial charge is 0.480 e. The molecule has 0 aromatic heterocycles. The first kappa shape index (κ1) is 19.2. The van der Waals surface area contributed by atoms with Crippen molar-refractivity contribution in [2.24, 2.45) is 0 Å². The lowest BCUT2D eigenvalue weighted by molar-refractivity contribution is 0.215. The summed E-state index contributed by atoms with van der Waals surface area (Å²) in [7, 11) is -3.32. The summed E-state index contributed by atoms with van der Waals surface area (Å²) in [6, 6.07) is 10.3. The second kappa shape index (κ2) is 8.11. The van der Waals surface area contributed by atoms with Gasteiger partial charge in [0.1, 0.15) is 0 Å². The van der Waals surface area contributed by atoms with E-state index in [4.69, 9.17) is 14.5 Å². The zero-order valence-electron chi connectivity index (χ0n) is 14.4. The van der Waals surface area contributed by atoms with Crippen molar-refractivity contribution < 1.29 is 14.5 Å². The molecular weight excluding hydrogens is 291 g/mol. The van der Waals surface area contributed by atoms with Crippen molar-refractivity contribution in [1.82, 2.24) is 0 Å². The van der Waals surface area contributed by atoms with Crippen LogP contribution in [-0.2, 0) is 10.8 Å². The maximum atomic E-state index is 9.07. The van der Waals surface area contributed by atoms with E-state index in [0.717, 1.165) is 12.8 Å². The van der Waals surface area contributed by atoms with Crippen LogP contribution in [0.1, 0.15) is 32.8 Å². The fraction of sp³-hybridized carbons (Fsp3) is 0.529. The Labute approximate surface area is 136 Å². The highest BCUT2D eigenvalue weighted by Gasteiger charge is 2.38. The van der Waals surface area contributed by atoms with Gasteiger partial charge in [0.2, 0.25) is 0 Å². The van der Waals surface area contributed by atoms with Crippen molar-refractivity contribution in [2.45, 2.75) is 57.8 Å². The van der Waals surface area contributed by atoms with Gasteiger partial charge < -0.3 is 14.5 Å². The lowest BCUT2D eigenvalue weighted by Gasteiger charge is -2.38. The van der Waals surface area contributed by atoms with Gasteiger partial charge in [-0.3, -0.25) is 0 Å². The molecule has 1 rings (SSSR count). The van der Waals surface area contributed by atoms with Gasteiger partial charge in [-0.15, -0.1) is 0 Å². The monoisotopic (exact) mass is 320 g/mol. The fourth-order valence-electron chi connectivity index (χ4n) is 1.93. The minimum Gasteiger partial charge on any atom is -0.424 e. The molecule has 1 aromatic carbocycles. The highest BCUT2D eigenvalue weighted by molar-refractivity contribution is 6.74. The molecule has 3 nitrogen and oxygen atoms in total. The van der Waals surface area contributed by atoms with Gasteiger partial charge in [-0.25, -0.2) is 0 Å². The van der Waals surface area contributed by atoms with Crippen LogP contribution in [0.2, 0.25) is 18.1 Å². The summed E-state index contributed by atoms with van der Waals surface area (Å²) in [6.07, 6.45) is 3.43. The maximum absolute atomic E-state index is 9.07. The Kier molecular flexibility index (Phi) is 7.07. The van der Waals surface area contributed by atoms with E-state index in [1.54, 1.807) is 6.08 Å². The van der Waals surface area contributed by atoms with Gasteiger partial charge in [-0.05, 0) is 36.5 Å². The fourth-order valence-corrected chi connectivity index (χ4v) is 3.23. The van der Waals surface area contributed by atoms with Crippen molar-refractivity contribution in [1.29, 1.82) is 0 Å². The highest BCUT2D eigenvalue weighted by Crippen LogP contribution is 2.37. The van der Waals surface area contributed by atoms with Crippen LogP contribution in [0, 0.1) is 0 Å². The van der Waals surface area contributed by atoms with Crippen molar-refractivity contribution in [3.05, 3.63) is 47.9 Å². The summed E-state index contributed by atoms with van der Waals surface area (Å²) in [6.45, 7) is 11.0. The molecule has 0 fully saturated rings.